The van der Waals surface area contributed by atoms with E-state index in [-0.39, 0.29) is 0 Å². The molecule has 3 heterocycles. The number of hydrogen-bond acceptors (Lipinski definition) is 8. The Morgan fingerprint density at radius 1 is 1.14 bits per heavy atom. The van der Waals surface area contributed by atoms with E-state index in [0.717, 1.165) is 47.5 Å². The summed E-state index contributed by atoms with van der Waals surface area (Å²) in [6.45, 7) is 5.33. The lowest BCUT2D eigenvalue weighted by Crippen LogP contribution is -2.36. The summed E-state index contributed by atoms with van der Waals surface area (Å²) in [5.41, 5.74) is 3.60. The first-order chi connectivity index (χ1) is 14.2. The third-order valence-electron chi connectivity index (χ3n) is 4.48. The molecule has 0 amide bonds. The second kappa shape index (κ2) is 8.90. The smallest absolute Gasteiger partial charge is 0.228 e. The number of hydrogen-bond donors (Lipinski definition) is 1. The normalized spacial score (nSPS) is 13.7. The van der Waals surface area contributed by atoms with Crippen molar-refractivity contribution in [2.24, 2.45) is 0 Å². The SMILES string of the molecule is Cc1cnc(Nc2ccc(N3CCOCC3)cc2)nc1Sc1cncc(C#N)c1. The number of morpholine rings is 1. The predicted molar refractivity (Wildman–Crippen MR) is 113 cm³/mol. The van der Waals surface area contributed by atoms with Crippen molar-refractivity contribution in [3.63, 3.8) is 0 Å². The van der Waals surface area contributed by atoms with Crippen LogP contribution in [-0.4, -0.2) is 41.3 Å². The highest BCUT2D eigenvalue weighted by Gasteiger charge is 2.11. The van der Waals surface area contributed by atoms with E-state index in [4.69, 9.17) is 10.00 Å². The number of aryl methyl sites for hydroxylation is 1. The predicted octanol–water partition coefficient (Wildman–Crippen LogP) is 3.78. The standard InChI is InChI=1S/C21H20N6OS/c1-15-12-24-21(26-20(15)29-19-10-16(11-22)13-23-14-19)25-17-2-4-18(5-3-17)27-6-8-28-9-7-27/h2-5,10,12-14H,6-9H2,1H3,(H,24,25,26). The molecule has 0 aliphatic carbocycles. The lowest BCUT2D eigenvalue weighted by Gasteiger charge is -2.28. The maximum absolute atomic E-state index is 9.05. The van der Waals surface area contributed by atoms with Gasteiger partial charge in [-0.1, -0.05) is 11.8 Å². The van der Waals surface area contributed by atoms with Crippen LogP contribution in [0.5, 0.6) is 0 Å². The highest BCUT2D eigenvalue weighted by molar-refractivity contribution is 7.99. The Kier molecular flexibility index (Phi) is 5.89. The molecule has 0 atom stereocenters. The molecular weight excluding hydrogens is 384 g/mol. The molecule has 29 heavy (non-hydrogen) atoms. The van der Waals surface area contributed by atoms with Gasteiger partial charge in [-0.25, -0.2) is 9.97 Å². The molecule has 0 saturated carbocycles. The van der Waals surface area contributed by atoms with Crippen molar-refractivity contribution in [1.82, 2.24) is 15.0 Å². The zero-order chi connectivity index (χ0) is 20.1. The monoisotopic (exact) mass is 404 g/mol. The van der Waals surface area contributed by atoms with E-state index in [1.807, 2.05) is 19.1 Å². The lowest BCUT2D eigenvalue weighted by atomic mass is 10.2. The summed E-state index contributed by atoms with van der Waals surface area (Å²) >= 11 is 1.47. The summed E-state index contributed by atoms with van der Waals surface area (Å²) in [5, 5.41) is 13.1. The van der Waals surface area contributed by atoms with Crippen molar-refractivity contribution in [2.45, 2.75) is 16.8 Å². The number of ether oxygens (including phenoxy) is 1. The van der Waals surface area contributed by atoms with Crippen LogP contribution in [0.1, 0.15) is 11.1 Å². The van der Waals surface area contributed by atoms with Crippen molar-refractivity contribution in [2.75, 3.05) is 36.5 Å². The number of pyridine rings is 1. The van der Waals surface area contributed by atoms with Crippen LogP contribution in [0.25, 0.3) is 0 Å². The summed E-state index contributed by atoms with van der Waals surface area (Å²) < 4.78 is 5.41. The van der Waals surface area contributed by atoms with E-state index in [1.54, 1.807) is 24.7 Å². The molecule has 0 bridgehead atoms. The molecule has 1 aliphatic heterocycles. The van der Waals surface area contributed by atoms with Crippen molar-refractivity contribution >= 4 is 29.1 Å². The Hall–Kier alpha value is -3.15. The number of anilines is 3. The van der Waals surface area contributed by atoms with Crippen LogP contribution >= 0.6 is 11.8 Å². The fourth-order valence-corrected chi connectivity index (χ4v) is 3.81. The highest BCUT2D eigenvalue weighted by atomic mass is 32.2. The van der Waals surface area contributed by atoms with Gasteiger partial charge in [-0.2, -0.15) is 5.26 Å². The molecule has 146 valence electrons. The largest absolute Gasteiger partial charge is 0.378 e. The molecule has 1 N–H and O–H groups in total. The molecule has 0 unspecified atom stereocenters. The molecule has 0 spiro atoms. The fourth-order valence-electron chi connectivity index (χ4n) is 2.94. The minimum Gasteiger partial charge on any atom is -0.378 e. The minimum absolute atomic E-state index is 0.528. The summed E-state index contributed by atoms with van der Waals surface area (Å²) in [6.07, 6.45) is 5.07. The fraction of sp³-hybridized carbons (Fsp3) is 0.238. The van der Waals surface area contributed by atoms with E-state index in [2.05, 4.69) is 43.4 Å². The minimum atomic E-state index is 0.528. The molecule has 8 heteroatoms. The van der Waals surface area contributed by atoms with E-state index in [1.165, 1.54) is 17.4 Å². The van der Waals surface area contributed by atoms with Crippen LogP contribution in [0.15, 0.2) is 58.8 Å². The molecule has 0 radical (unpaired) electrons. The van der Waals surface area contributed by atoms with Crippen molar-refractivity contribution < 1.29 is 4.74 Å². The Morgan fingerprint density at radius 3 is 2.69 bits per heavy atom. The zero-order valence-corrected chi connectivity index (χ0v) is 16.8. The number of rotatable bonds is 5. The number of nitriles is 1. The van der Waals surface area contributed by atoms with Gasteiger partial charge in [0, 0.05) is 53.5 Å². The van der Waals surface area contributed by atoms with Gasteiger partial charge in [0.05, 0.1) is 18.8 Å². The van der Waals surface area contributed by atoms with Crippen molar-refractivity contribution in [1.29, 1.82) is 5.26 Å². The van der Waals surface area contributed by atoms with Crippen molar-refractivity contribution in [3.8, 4) is 6.07 Å². The van der Waals surface area contributed by atoms with E-state index in [0.29, 0.717) is 11.5 Å². The van der Waals surface area contributed by atoms with Gasteiger partial charge in [0.1, 0.15) is 11.1 Å². The molecule has 3 aromatic rings. The third-order valence-corrected chi connectivity index (χ3v) is 5.55. The Labute approximate surface area is 173 Å². The van der Waals surface area contributed by atoms with Gasteiger partial charge in [-0.3, -0.25) is 4.98 Å². The van der Waals surface area contributed by atoms with Crippen LogP contribution in [0.2, 0.25) is 0 Å². The van der Waals surface area contributed by atoms with E-state index in [9.17, 15) is 0 Å². The van der Waals surface area contributed by atoms with Gasteiger partial charge in [-0.05, 0) is 37.3 Å². The zero-order valence-electron chi connectivity index (χ0n) is 16.0. The first-order valence-corrected chi connectivity index (χ1v) is 10.1. The molecule has 1 aromatic carbocycles. The maximum Gasteiger partial charge on any atom is 0.228 e. The number of nitrogens with zero attached hydrogens (tertiary/aromatic N) is 5. The highest BCUT2D eigenvalue weighted by Crippen LogP contribution is 2.29. The van der Waals surface area contributed by atoms with Gasteiger partial charge >= 0.3 is 0 Å². The Bertz CT molecular complexity index is 1030. The number of aromatic nitrogens is 3. The molecule has 1 aliphatic rings. The lowest BCUT2D eigenvalue weighted by molar-refractivity contribution is 0.122. The van der Waals surface area contributed by atoms with E-state index < -0.39 is 0 Å². The molecule has 4 rings (SSSR count). The first kappa shape index (κ1) is 19.2. The van der Waals surface area contributed by atoms with Crippen molar-refractivity contribution in [3.05, 3.63) is 60.0 Å². The average Bonchev–Trinajstić information content (AvgIpc) is 2.77. The Balaban J connectivity index is 1.47. The maximum atomic E-state index is 9.05. The summed E-state index contributed by atoms with van der Waals surface area (Å²) in [4.78, 5) is 16.3. The van der Waals surface area contributed by atoms with Gasteiger partial charge in [0.25, 0.3) is 0 Å². The summed E-state index contributed by atoms with van der Waals surface area (Å²) in [7, 11) is 0. The third kappa shape index (κ3) is 4.83. The van der Waals surface area contributed by atoms with Gasteiger partial charge in [-0.15, -0.1) is 0 Å². The van der Waals surface area contributed by atoms with E-state index >= 15 is 0 Å². The summed E-state index contributed by atoms with van der Waals surface area (Å²) in [5.74, 6) is 0.529. The molecule has 1 saturated heterocycles. The van der Waals surface area contributed by atoms with Crippen LogP contribution in [-0.2, 0) is 4.74 Å². The molecule has 7 nitrogen and oxygen atoms in total. The molecular formula is C21H20N6OS. The van der Waals surface area contributed by atoms with Crippen LogP contribution in [0.3, 0.4) is 0 Å². The van der Waals surface area contributed by atoms with Crippen LogP contribution in [0.4, 0.5) is 17.3 Å². The average molecular weight is 404 g/mol. The Morgan fingerprint density at radius 2 is 1.93 bits per heavy atom. The topological polar surface area (TPSA) is 87.0 Å². The van der Waals surface area contributed by atoms with Gasteiger partial charge < -0.3 is 15.0 Å². The second-order valence-electron chi connectivity index (χ2n) is 6.58. The van der Waals surface area contributed by atoms with Crippen LogP contribution in [0, 0.1) is 18.3 Å². The van der Waals surface area contributed by atoms with Gasteiger partial charge in [0.2, 0.25) is 5.95 Å². The van der Waals surface area contributed by atoms with Gasteiger partial charge in [0.15, 0.2) is 0 Å². The number of nitrogens with one attached hydrogen (secondary N) is 1. The molecule has 2 aromatic heterocycles. The first-order valence-electron chi connectivity index (χ1n) is 9.28. The quantitative estimate of drug-likeness (QED) is 0.643. The van der Waals surface area contributed by atoms with Crippen LogP contribution < -0.4 is 10.2 Å². The molecule has 1 fully saturated rings. The second-order valence-corrected chi connectivity index (χ2v) is 7.64. The summed E-state index contributed by atoms with van der Waals surface area (Å²) in [6, 6.07) is 12.2. The number of benzene rings is 1.